The first kappa shape index (κ1) is 22.3. The predicted octanol–water partition coefficient (Wildman–Crippen LogP) is 1.85. The molecule has 1 aliphatic heterocycles. The van der Waals surface area contributed by atoms with Gasteiger partial charge in [0.25, 0.3) is 0 Å². The van der Waals surface area contributed by atoms with Crippen LogP contribution >= 0.6 is 0 Å². The summed E-state index contributed by atoms with van der Waals surface area (Å²) in [7, 11) is 0. The van der Waals surface area contributed by atoms with Gasteiger partial charge in [-0.15, -0.1) is 0 Å². The number of carboxylic acids is 1. The van der Waals surface area contributed by atoms with Crippen molar-refractivity contribution in [2.75, 3.05) is 18.8 Å². The molecule has 1 saturated heterocycles. The number of nitrogens with zero attached hydrogens (tertiary/aromatic N) is 5. The Hall–Kier alpha value is -3.42. The predicted molar refractivity (Wildman–Crippen MR) is 101 cm³/mol. The van der Waals surface area contributed by atoms with Crippen molar-refractivity contribution in [3.63, 3.8) is 0 Å². The Labute approximate surface area is 173 Å². The number of halogens is 3. The Morgan fingerprint density at radius 2 is 2.03 bits per heavy atom. The highest BCUT2D eigenvalue weighted by atomic mass is 19.4. The summed E-state index contributed by atoms with van der Waals surface area (Å²) >= 11 is 0. The maximum atomic E-state index is 10.6. The van der Waals surface area contributed by atoms with Crippen LogP contribution in [-0.4, -0.2) is 61.3 Å². The van der Waals surface area contributed by atoms with E-state index in [1.54, 1.807) is 12.4 Å². The van der Waals surface area contributed by atoms with Crippen LogP contribution in [0.5, 0.6) is 5.75 Å². The number of hydrogen-bond acceptors (Lipinski definition) is 9. The first-order valence-electron chi connectivity index (χ1n) is 9.32. The van der Waals surface area contributed by atoms with Gasteiger partial charge in [-0.2, -0.15) is 13.2 Å². The maximum Gasteiger partial charge on any atom is 0.490 e. The fraction of sp³-hybridized carbons (Fsp3) is 0.471. The zero-order chi connectivity index (χ0) is 22.6. The molecule has 4 N–H and O–H groups in total. The second-order valence-corrected chi connectivity index (χ2v) is 6.55. The van der Waals surface area contributed by atoms with E-state index >= 15 is 0 Å². The van der Waals surface area contributed by atoms with E-state index in [-0.39, 0.29) is 11.9 Å². The molecule has 0 atom stereocenters. The fourth-order valence-corrected chi connectivity index (χ4v) is 3.08. The normalized spacial score (nSPS) is 14.8. The summed E-state index contributed by atoms with van der Waals surface area (Å²) in [4.78, 5) is 17.8. The number of pyridine rings is 1. The van der Waals surface area contributed by atoms with Gasteiger partial charge in [0.05, 0.1) is 12.4 Å². The van der Waals surface area contributed by atoms with Gasteiger partial charge in [-0.25, -0.2) is 14.4 Å². The van der Waals surface area contributed by atoms with Gasteiger partial charge in [0, 0.05) is 6.54 Å². The number of nitrogen functional groups attached to an aromatic ring is 1. The highest BCUT2D eigenvalue weighted by molar-refractivity contribution is 5.85. The monoisotopic (exact) mass is 443 g/mol. The Kier molecular flexibility index (Phi) is 6.58. The van der Waals surface area contributed by atoms with Crippen molar-refractivity contribution in [3.8, 4) is 17.3 Å². The van der Waals surface area contributed by atoms with Crippen LogP contribution in [0.1, 0.15) is 19.8 Å². The second kappa shape index (κ2) is 9.16. The third-order valence-electron chi connectivity index (χ3n) is 4.48. The topological polar surface area (TPSA) is 154 Å². The Morgan fingerprint density at radius 3 is 2.58 bits per heavy atom. The van der Waals surface area contributed by atoms with Gasteiger partial charge in [-0.1, -0.05) is 0 Å². The number of anilines is 1. The van der Waals surface area contributed by atoms with Crippen LogP contribution in [0.25, 0.3) is 22.6 Å². The minimum absolute atomic E-state index is 0.182. The zero-order valence-electron chi connectivity index (χ0n) is 16.4. The molecule has 4 rings (SSSR count). The van der Waals surface area contributed by atoms with E-state index in [9.17, 15) is 13.2 Å². The van der Waals surface area contributed by atoms with Crippen LogP contribution in [0.15, 0.2) is 17.0 Å². The van der Waals surface area contributed by atoms with Crippen molar-refractivity contribution in [2.45, 2.75) is 38.6 Å². The number of alkyl halides is 3. The Balaban J connectivity index is 0.000000339. The van der Waals surface area contributed by atoms with E-state index in [1.807, 2.05) is 11.5 Å². The molecule has 168 valence electrons. The number of hydrogen-bond donors (Lipinski definition) is 3. The number of rotatable bonds is 4. The molecule has 1 fully saturated rings. The van der Waals surface area contributed by atoms with E-state index in [0.717, 1.165) is 42.7 Å². The zero-order valence-corrected chi connectivity index (χ0v) is 16.4. The average molecular weight is 443 g/mol. The number of piperidine rings is 1. The van der Waals surface area contributed by atoms with Crippen LogP contribution in [-0.2, 0) is 11.3 Å². The SMILES string of the molecule is CCn1c(-c2nonc2N)nc2cncc(OC3CCNCC3)c21.O=C(O)C(F)(F)F. The van der Waals surface area contributed by atoms with E-state index in [0.29, 0.717) is 18.1 Å². The molecule has 1 aliphatic rings. The standard InChI is InChI=1S/C15H19N7O2.C2HF3O2/c1-2-22-13-10(19-15(22)12-14(16)21-24-20-12)7-18-8-11(13)23-9-3-5-17-6-4-9;3-2(4,5)1(6)7/h7-9,17H,2-6H2,1H3,(H2,16,21);(H,6,7). The highest BCUT2D eigenvalue weighted by Gasteiger charge is 2.38. The quantitative estimate of drug-likeness (QED) is 0.544. The minimum atomic E-state index is -5.08. The molecule has 0 amide bonds. The number of imidazole rings is 1. The molecule has 0 saturated carbocycles. The number of ether oxygens (including phenoxy) is 1. The molecule has 0 aromatic carbocycles. The summed E-state index contributed by atoms with van der Waals surface area (Å²) in [5, 5.41) is 18.0. The van der Waals surface area contributed by atoms with Gasteiger partial charge < -0.3 is 25.5 Å². The summed E-state index contributed by atoms with van der Waals surface area (Å²) in [6.07, 6.45) is 0.505. The number of aliphatic carboxylic acids is 1. The van der Waals surface area contributed by atoms with Gasteiger partial charge in [-0.05, 0) is 43.2 Å². The fourth-order valence-electron chi connectivity index (χ4n) is 3.08. The summed E-state index contributed by atoms with van der Waals surface area (Å²) in [5.41, 5.74) is 7.89. The lowest BCUT2D eigenvalue weighted by atomic mass is 10.1. The molecule has 0 aliphatic carbocycles. The third kappa shape index (κ3) is 5.02. The first-order chi connectivity index (χ1) is 14.7. The van der Waals surface area contributed by atoms with Crippen LogP contribution in [0.3, 0.4) is 0 Å². The van der Waals surface area contributed by atoms with Gasteiger partial charge in [0.2, 0.25) is 0 Å². The van der Waals surface area contributed by atoms with Gasteiger partial charge >= 0.3 is 12.1 Å². The first-order valence-corrected chi connectivity index (χ1v) is 9.32. The van der Waals surface area contributed by atoms with Crippen molar-refractivity contribution in [1.29, 1.82) is 0 Å². The lowest BCUT2D eigenvalue weighted by Crippen LogP contribution is -2.34. The van der Waals surface area contributed by atoms with Crippen molar-refractivity contribution in [1.82, 2.24) is 30.2 Å². The summed E-state index contributed by atoms with van der Waals surface area (Å²) in [5.74, 6) is -1.20. The molecule has 3 aromatic rings. The Bertz CT molecular complexity index is 1040. The van der Waals surface area contributed by atoms with Crippen molar-refractivity contribution in [2.24, 2.45) is 0 Å². The van der Waals surface area contributed by atoms with E-state index in [1.165, 1.54) is 0 Å². The molecule has 0 bridgehead atoms. The number of aryl methyl sites for hydroxylation is 1. The summed E-state index contributed by atoms with van der Waals surface area (Å²) in [6, 6.07) is 0. The molecule has 11 nitrogen and oxygen atoms in total. The molecule has 0 spiro atoms. The number of carbonyl (C=O) groups is 1. The van der Waals surface area contributed by atoms with Crippen LogP contribution in [0.2, 0.25) is 0 Å². The molecular weight excluding hydrogens is 423 g/mol. The van der Waals surface area contributed by atoms with E-state index < -0.39 is 12.1 Å². The van der Waals surface area contributed by atoms with Crippen molar-refractivity contribution < 1.29 is 32.4 Å². The lowest BCUT2D eigenvalue weighted by Gasteiger charge is -2.24. The molecule has 0 radical (unpaired) electrons. The number of carboxylic acid groups (broad SMARTS) is 1. The summed E-state index contributed by atoms with van der Waals surface area (Å²) in [6.45, 7) is 4.65. The number of aromatic nitrogens is 5. The second-order valence-electron chi connectivity index (χ2n) is 6.55. The maximum absolute atomic E-state index is 10.6. The van der Waals surface area contributed by atoms with Crippen molar-refractivity contribution in [3.05, 3.63) is 12.4 Å². The molecule has 3 aromatic heterocycles. The number of nitrogens with one attached hydrogen (secondary N) is 1. The van der Waals surface area contributed by atoms with Crippen LogP contribution in [0, 0.1) is 0 Å². The van der Waals surface area contributed by atoms with Crippen molar-refractivity contribution >= 4 is 22.8 Å². The molecule has 14 heteroatoms. The van der Waals surface area contributed by atoms with Gasteiger partial charge in [0.15, 0.2) is 23.1 Å². The van der Waals surface area contributed by atoms with Crippen LogP contribution in [0.4, 0.5) is 19.0 Å². The number of nitrogens with two attached hydrogens (primary N) is 1. The number of fused-ring (bicyclic) bond motifs is 1. The van der Waals surface area contributed by atoms with Crippen LogP contribution < -0.4 is 15.8 Å². The minimum Gasteiger partial charge on any atom is -0.486 e. The summed E-state index contributed by atoms with van der Waals surface area (Å²) < 4.78 is 44.7. The van der Waals surface area contributed by atoms with Gasteiger partial charge in [-0.3, -0.25) is 4.98 Å². The highest BCUT2D eigenvalue weighted by Crippen LogP contribution is 2.32. The smallest absolute Gasteiger partial charge is 0.486 e. The average Bonchev–Trinajstić information content (AvgIpc) is 3.31. The molecule has 31 heavy (non-hydrogen) atoms. The molecule has 4 heterocycles. The molecule has 0 unspecified atom stereocenters. The third-order valence-corrected chi connectivity index (χ3v) is 4.48. The van der Waals surface area contributed by atoms with E-state index in [2.05, 4.69) is 25.6 Å². The molecular formula is C17H20F3N7O4. The van der Waals surface area contributed by atoms with Gasteiger partial charge in [0.1, 0.15) is 17.1 Å². The Morgan fingerprint density at radius 1 is 1.35 bits per heavy atom. The lowest BCUT2D eigenvalue weighted by molar-refractivity contribution is -0.192. The van der Waals surface area contributed by atoms with E-state index in [4.69, 9.17) is 25.0 Å². The largest absolute Gasteiger partial charge is 0.490 e.